The number of nitrogens with zero attached hydrogens (tertiary/aromatic N) is 2. The zero-order chi connectivity index (χ0) is 13.0. The summed E-state index contributed by atoms with van der Waals surface area (Å²) in [7, 11) is 1.89. The lowest BCUT2D eigenvalue weighted by atomic mass is 10.2. The molecule has 0 aliphatic carbocycles. The van der Waals surface area contributed by atoms with Gasteiger partial charge in [-0.05, 0) is 42.3 Å². The Morgan fingerprint density at radius 3 is 2.83 bits per heavy atom. The van der Waals surface area contributed by atoms with E-state index in [4.69, 9.17) is 11.6 Å². The van der Waals surface area contributed by atoms with Crippen molar-refractivity contribution in [2.75, 3.05) is 6.54 Å². The molecular weight excluding hydrogens is 253 g/mol. The molecule has 5 heteroatoms. The molecule has 0 aliphatic rings. The number of benzene rings is 1. The van der Waals surface area contributed by atoms with Gasteiger partial charge in [0.1, 0.15) is 5.82 Å². The summed E-state index contributed by atoms with van der Waals surface area (Å²) in [5, 5.41) is 7.78. The van der Waals surface area contributed by atoms with Crippen molar-refractivity contribution in [1.29, 1.82) is 0 Å². The maximum Gasteiger partial charge on any atom is 0.125 e. The van der Waals surface area contributed by atoms with Gasteiger partial charge in [-0.1, -0.05) is 11.6 Å². The van der Waals surface area contributed by atoms with Crippen LogP contribution in [0.15, 0.2) is 30.6 Å². The fourth-order valence-electron chi connectivity index (χ4n) is 1.78. The molecule has 0 saturated carbocycles. The fourth-order valence-corrected chi connectivity index (χ4v) is 2.02. The van der Waals surface area contributed by atoms with E-state index < -0.39 is 0 Å². The Kier molecular flexibility index (Phi) is 4.33. The predicted molar refractivity (Wildman–Crippen MR) is 70.0 cm³/mol. The summed E-state index contributed by atoms with van der Waals surface area (Å²) in [6.07, 6.45) is 4.73. The highest BCUT2D eigenvalue weighted by molar-refractivity contribution is 6.30. The van der Waals surface area contributed by atoms with Gasteiger partial charge in [0.25, 0.3) is 0 Å². The number of halogens is 2. The van der Waals surface area contributed by atoms with Crippen LogP contribution in [0.1, 0.15) is 11.1 Å². The molecule has 2 rings (SSSR count). The van der Waals surface area contributed by atoms with Gasteiger partial charge >= 0.3 is 0 Å². The second-order valence-corrected chi connectivity index (χ2v) is 4.66. The van der Waals surface area contributed by atoms with Crippen LogP contribution < -0.4 is 5.32 Å². The van der Waals surface area contributed by atoms with Crippen LogP contribution in [0.2, 0.25) is 5.02 Å². The highest BCUT2D eigenvalue weighted by atomic mass is 35.5. The molecule has 0 saturated heterocycles. The second-order valence-electron chi connectivity index (χ2n) is 4.23. The minimum atomic E-state index is -0.299. The van der Waals surface area contributed by atoms with Crippen LogP contribution >= 0.6 is 11.6 Å². The van der Waals surface area contributed by atoms with E-state index in [0.717, 1.165) is 18.5 Å². The van der Waals surface area contributed by atoms with Crippen molar-refractivity contribution >= 4 is 11.6 Å². The summed E-state index contributed by atoms with van der Waals surface area (Å²) in [5.74, 6) is -0.299. The molecule has 0 spiro atoms. The van der Waals surface area contributed by atoms with Gasteiger partial charge in [-0.3, -0.25) is 4.68 Å². The number of hydrogen-bond acceptors (Lipinski definition) is 2. The van der Waals surface area contributed by atoms with E-state index in [1.807, 2.05) is 19.4 Å². The topological polar surface area (TPSA) is 29.9 Å². The van der Waals surface area contributed by atoms with Gasteiger partial charge in [0.15, 0.2) is 0 Å². The van der Waals surface area contributed by atoms with Crippen LogP contribution in [-0.4, -0.2) is 16.3 Å². The molecule has 0 atom stereocenters. The zero-order valence-corrected chi connectivity index (χ0v) is 10.9. The number of aryl methyl sites for hydroxylation is 1. The molecule has 1 aromatic carbocycles. The highest BCUT2D eigenvalue weighted by Crippen LogP contribution is 2.13. The lowest BCUT2D eigenvalue weighted by molar-refractivity contribution is 0.620. The molecule has 0 aliphatic heterocycles. The van der Waals surface area contributed by atoms with E-state index in [-0.39, 0.29) is 5.82 Å². The normalized spacial score (nSPS) is 10.8. The van der Waals surface area contributed by atoms with Gasteiger partial charge in [-0.2, -0.15) is 5.10 Å². The average molecular weight is 268 g/mol. The Balaban J connectivity index is 1.78. The smallest absolute Gasteiger partial charge is 0.125 e. The van der Waals surface area contributed by atoms with E-state index in [2.05, 4.69) is 10.4 Å². The summed E-state index contributed by atoms with van der Waals surface area (Å²) in [4.78, 5) is 0. The van der Waals surface area contributed by atoms with E-state index in [9.17, 15) is 4.39 Å². The van der Waals surface area contributed by atoms with Gasteiger partial charge in [-0.15, -0.1) is 0 Å². The molecule has 1 heterocycles. The predicted octanol–water partition coefficient (Wildman–Crippen LogP) is 2.54. The van der Waals surface area contributed by atoms with Crippen molar-refractivity contribution in [1.82, 2.24) is 15.1 Å². The maximum absolute atomic E-state index is 13.1. The van der Waals surface area contributed by atoms with Crippen LogP contribution in [-0.2, 0) is 20.0 Å². The lowest BCUT2D eigenvalue weighted by Gasteiger charge is -2.05. The Hall–Kier alpha value is -1.39. The van der Waals surface area contributed by atoms with E-state index >= 15 is 0 Å². The first-order chi connectivity index (χ1) is 8.63. The molecule has 1 aromatic heterocycles. The molecule has 2 aromatic rings. The van der Waals surface area contributed by atoms with Gasteiger partial charge in [-0.25, -0.2) is 4.39 Å². The monoisotopic (exact) mass is 267 g/mol. The largest absolute Gasteiger partial charge is 0.312 e. The summed E-state index contributed by atoms with van der Waals surface area (Å²) >= 11 is 5.78. The first-order valence-corrected chi connectivity index (χ1v) is 6.14. The molecule has 0 bridgehead atoms. The third-order valence-electron chi connectivity index (χ3n) is 2.60. The number of hydrogen-bond donors (Lipinski definition) is 1. The summed E-state index contributed by atoms with van der Waals surface area (Å²) in [6.45, 7) is 1.43. The SMILES string of the molecule is Cn1cc(CCNCc2cc(F)cc(Cl)c2)cn1. The summed E-state index contributed by atoms with van der Waals surface area (Å²) in [6, 6.07) is 4.56. The molecule has 3 nitrogen and oxygen atoms in total. The minimum Gasteiger partial charge on any atom is -0.312 e. The standard InChI is InChI=1S/C13H15ClFN3/c1-18-9-10(8-17-18)2-3-16-7-11-4-12(14)6-13(15)5-11/h4-6,8-9,16H,2-3,7H2,1H3. The molecule has 0 radical (unpaired) electrons. The summed E-state index contributed by atoms with van der Waals surface area (Å²) < 4.78 is 14.9. The fraction of sp³-hybridized carbons (Fsp3) is 0.308. The van der Waals surface area contributed by atoms with Crippen LogP contribution in [0.4, 0.5) is 4.39 Å². The van der Waals surface area contributed by atoms with Crippen LogP contribution in [0.5, 0.6) is 0 Å². The molecule has 0 fully saturated rings. The van der Waals surface area contributed by atoms with Gasteiger partial charge in [0.2, 0.25) is 0 Å². The number of aromatic nitrogens is 2. The molecule has 1 N–H and O–H groups in total. The van der Waals surface area contributed by atoms with Crippen molar-refractivity contribution in [3.63, 3.8) is 0 Å². The second kappa shape index (κ2) is 5.98. The molecule has 96 valence electrons. The zero-order valence-electron chi connectivity index (χ0n) is 10.2. The lowest BCUT2D eigenvalue weighted by Crippen LogP contribution is -2.16. The molecule has 0 amide bonds. The van der Waals surface area contributed by atoms with E-state index in [0.29, 0.717) is 11.6 Å². The number of rotatable bonds is 5. The third kappa shape index (κ3) is 3.82. The highest BCUT2D eigenvalue weighted by Gasteiger charge is 2.00. The first-order valence-electron chi connectivity index (χ1n) is 5.77. The van der Waals surface area contributed by atoms with Gasteiger partial charge in [0.05, 0.1) is 6.20 Å². The van der Waals surface area contributed by atoms with Gasteiger partial charge in [0, 0.05) is 24.8 Å². The minimum absolute atomic E-state index is 0.299. The van der Waals surface area contributed by atoms with Crippen LogP contribution in [0.3, 0.4) is 0 Å². The van der Waals surface area contributed by atoms with E-state index in [1.54, 1.807) is 10.7 Å². The Morgan fingerprint density at radius 2 is 2.17 bits per heavy atom. The Morgan fingerprint density at radius 1 is 1.33 bits per heavy atom. The number of nitrogens with one attached hydrogen (secondary N) is 1. The molecule has 18 heavy (non-hydrogen) atoms. The average Bonchev–Trinajstić information content (AvgIpc) is 2.69. The first kappa shape index (κ1) is 13.1. The van der Waals surface area contributed by atoms with Crippen molar-refractivity contribution in [2.45, 2.75) is 13.0 Å². The third-order valence-corrected chi connectivity index (χ3v) is 2.82. The van der Waals surface area contributed by atoms with E-state index in [1.165, 1.54) is 17.7 Å². The van der Waals surface area contributed by atoms with Gasteiger partial charge < -0.3 is 5.32 Å². The van der Waals surface area contributed by atoms with Crippen molar-refractivity contribution in [2.24, 2.45) is 7.05 Å². The van der Waals surface area contributed by atoms with Crippen molar-refractivity contribution in [3.8, 4) is 0 Å². The molecular formula is C13H15ClFN3. The summed E-state index contributed by atoms with van der Waals surface area (Å²) in [5.41, 5.74) is 2.04. The molecule has 0 unspecified atom stereocenters. The Bertz CT molecular complexity index is 504. The van der Waals surface area contributed by atoms with Crippen molar-refractivity contribution < 1.29 is 4.39 Å². The van der Waals surface area contributed by atoms with Crippen LogP contribution in [0.25, 0.3) is 0 Å². The van der Waals surface area contributed by atoms with Crippen molar-refractivity contribution in [3.05, 3.63) is 52.6 Å². The van der Waals surface area contributed by atoms with Crippen LogP contribution in [0, 0.1) is 5.82 Å². The quantitative estimate of drug-likeness (QED) is 0.844. The maximum atomic E-state index is 13.1. The Labute approximate surface area is 111 Å².